The molecule has 1 aromatic rings. The highest BCUT2D eigenvalue weighted by atomic mass is 16.4. The van der Waals surface area contributed by atoms with Crippen molar-refractivity contribution < 1.29 is 9.90 Å². The van der Waals surface area contributed by atoms with Crippen LogP contribution in [0.3, 0.4) is 0 Å². The van der Waals surface area contributed by atoms with Crippen LogP contribution in [0.1, 0.15) is 37.4 Å². The van der Waals surface area contributed by atoms with Gasteiger partial charge in [0.15, 0.2) is 0 Å². The van der Waals surface area contributed by atoms with Crippen molar-refractivity contribution in [3.8, 4) is 0 Å². The Morgan fingerprint density at radius 1 is 1.53 bits per heavy atom. The van der Waals surface area contributed by atoms with Gasteiger partial charge in [-0.1, -0.05) is 12.8 Å². The van der Waals surface area contributed by atoms with Gasteiger partial charge < -0.3 is 5.11 Å². The van der Waals surface area contributed by atoms with E-state index in [0.717, 1.165) is 30.4 Å². The van der Waals surface area contributed by atoms with Gasteiger partial charge in [-0.15, -0.1) is 0 Å². The quantitative estimate of drug-likeness (QED) is 0.753. The van der Waals surface area contributed by atoms with Crippen LogP contribution in [0, 0.1) is 0 Å². The molecule has 1 heterocycles. The second kappa shape index (κ2) is 3.88. The van der Waals surface area contributed by atoms with E-state index in [4.69, 9.17) is 5.11 Å². The second-order valence-electron chi connectivity index (χ2n) is 3.85. The van der Waals surface area contributed by atoms with E-state index in [1.165, 1.54) is 0 Å². The van der Waals surface area contributed by atoms with E-state index in [1.54, 1.807) is 0 Å². The lowest BCUT2D eigenvalue weighted by Gasteiger charge is -2.01. The Bertz CT molecular complexity index is 414. The second-order valence-corrected chi connectivity index (χ2v) is 3.85. The Balaban J connectivity index is 2.20. The van der Waals surface area contributed by atoms with Crippen molar-refractivity contribution in [1.29, 1.82) is 0 Å². The van der Waals surface area contributed by atoms with Crippen molar-refractivity contribution in [2.75, 3.05) is 0 Å². The van der Waals surface area contributed by atoms with E-state index < -0.39 is 11.7 Å². The number of carbonyl (C=O) groups is 1. The number of aromatic amines is 1. The van der Waals surface area contributed by atoms with Gasteiger partial charge in [-0.3, -0.25) is 9.78 Å². The fourth-order valence-electron chi connectivity index (χ4n) is 1.99. The van der Waals surface area contributed by atoms with Crippen LogP contribution in [0.25, 0.3) is 0 Å². The summed E-state index contributed by atoms with van der Waals surface area (Å²) in [5.41, 5.74) is -0.431. The van der Waals surface area contributed by atoms with E-state index in [9.17, 15) is 9.59 Å². The Kier molecular flexibility index (Phi) is 2.57. The molecule has 0 unspecified atom stereocenters. The van der Waals surface area contributed by atoms with Gasteiger partial charge in [-0.25, -0.2) is 9.48 Å². The summed E-state index contributed by atoms with van der Waals surface area (Å²) in [5, 5.41) is 12.6. The number of nitrogens with one attached hydrogen (secondary N) is 1. The molecule has 0 radical (unpaired) electrons. The fraction of sp³-hybridized carbons (Fsp3) is 0.667. The van der Waals surface area contributed by atoms with Gasteiger partial charge in [0.05, 0.1) is 0 Å². The molecule has 82 valence electrons. The van der Waals surface area contributed by atoms with Crippen molar-refractivity contribution in [1.82, 2.24) is 14.8 Å². The predicted octanol–water partition coefficient (Wildman–Crippen LogP) is 0.314. The van der Waals surface area contributed by atoms with Gasteiger partial charge in [-0.05, 0) is 12.8 Å². The van der Waals surface area contributed by atoms with Crippen LogP contribution in [-0.4, -0.2) is 25.8 Å². The van der Waals surface area contributed by atoms with Crippen molar-refractivity contribution in [3.63, 3.8) is 0 Å². The maximum Gasteiger partial charge on any atom is 0.343 e. The first-order valence-electron chi connectivity index (χ1n) is 5.05. The highest BCUT2D eigenvalue weighted by molar-refractivity contribution is 5.66. The molecule has 0 aliphatic heterocycles. The summed E-state index contributed by atoms with van der Waals surface area (Å²) in [7, 11) is 0. The molecule has 1 fully saturated rings. The standard InChI is InChI=1S/C9H13N3O3/c13-7(14)5-12-9(15)10-8(11-12)6-3-1-2-4-6/h6H,1-5H2,(H,13,14)(H,10,11,15). The number of rotatable bonds is 3. The normalized spacial score (nSPS) is 17.1. The molecule has 6 nitrogen and oxygen atoms in total. The number of hydrogen-bond donors (Lipinski definition) is 2. The summed E-state index contributed by atoms with van der Waals surface area (Å²) in [6.45, 7) is -0.373. The molecule has 0 atom stereocenters. The average Bonchev–Trinajstić information content (AvgIpc) is 2.75. The lowest BCUT2D eigenvalue weighted by atomic mass is 10.1. The highest BCUT2D eigenvalue weighted by Gasteiger charge is 2.21. The molecular weight excluding hydrogens is 198 g/mol. The summed E-state index contributed by atoms with van der Waals surface area (Å²) in [6, 6.07) is 0. The molecule has 0 bridgehead atoms. The van der Waals surface area contributed by atoms with Gasteiger partial charge in [0, 0.05) is 5.92 Å². The van der Waals surface area contributed by atoms with Crippen LogP contribution in [0.2, 0.25) is 0 Å². The minimum Gasteiger partial charge on any atom is -0.480 e. The lowest BCUT2D eigenvalue weighted by Crippen LogP contribution is -2.22. The fourth-order valence-corrected chi connectivity index (χ4v) is 1.99. The smallest absolute Gasteiger partial charge is 0.343 e. The molecule has 1 aliphatic carbocycles. The lowest BCUT2D eigenvalue weighted by molar-refractivity contribution is -0.137. The Labute approximate surface area is 85.9 Å². The zero-order valence-electron chi connectivity index (χ0n) is 8.27. The molecule has 2 rings (SSSR count). The number of aromatic nitrogens is 3. The summed E-state index contributed by atoms with van der Waals surface area (Å²) in [4.78, 5) is 24.4. The third-order valence-corrected chi connectivity index (χ3v) is 2.72. The highest BCUT2D eigenvalue weighted by Crippen LogP contribution is 2.31. The first-order valence-corrected chi connectivity index (χ1v) is 5.05. The summed E-state index contributed by atoms with van der Waals surface area (Å²) >= 11 is 0. The molecule has 0 saturated heterocycles. The molecular formula is C9H13N3O3. The predicted molar refractivity (Wildman–Crippen MR) is 51.7 cm³/mol. The molecule has 1 saturated carbocycles. The zero-order chi connectivity index (χ0) is 10.8. The molecule has 1 aromatic heterocycles. The van der Waals surface area contributed by atoms with E-state index in [1.807, 2.05) is 0 Å². The average molecular weight is 211 g/mol. The van der Waals surface area contributed by atoms with E-state index >= 15 is 0 Å². The maximum absolute atomic E-state index is 11.3. The number of carboxylic acid groups (broad SMARTS) is 1. The van der Waals surface area contributed by atoms with Crippen molar-refractivity contribution in [2.24, 2.45) is 0 Å². The topological polar surface area (TPSA) is 88.0 Å². The first kappa shape index (κ1) is 9.95. The van der Waals surface area contributed by atoms with E-state index in [2.05, 4.69) is 10.1 Å². The van der Waals surface area contributed by atoms with Crippen molar-refractivity contribution in [2.45, 2.75) is 38.1 Å². The van der Waals surface area contributed by atoms with Gasteiger partial charge in [0.25, 0.3) is 0 Å². The summed E-state index contributed by atoms with van der Waals surface area (Å²) < 4.78 is 0.968. The van der Waals surface area contributed by atoms with Gasteiger partial charge >= 0.3 is 11.7 Å². The molecule has 1 aliphatic rings. The van der Waals surface area contributed by atoms with Crippen LogP contribution >= 0.6 is 0 Å². The van der Waals surface area contributed by atoms with Gasteiger partial charge in [0.2, 0.25) is 0 Å². The molecule has 0 amide bonds. The first-order chi connectivity index (χ1) is 7.16. The Morgan fingerprint density at radius 2 is 2.20 bits per heavy atom. The third kappa shape index (κ3) is 2.08. The molecule has 6 heteroatoms. The van der Waals surface area contributed by atoms with Crippen LogP contribution in [0.5, 0.6) is 0 Å². The number of nitrogens with zero attached hydrogens (tertiary/aromatic N) is 2. The third-order valence-electron chi connectivity index (χ3n) is 2.72. The zero-order valence-corrected chi connectivity index (χ0v) is 8.27. The largest absolute Gasteiger partial charge is 0.480 e. The molecule has 0 aromatic carbocycles. The molecule has 15 heavy (non-hydrogen) atoms. The Morgan fingerprint density at radius 3 is 2.80 bits per heavy atom. The number of carboxylic acids is 1. The Hall–Kier alpha value is -1.59. The number of aliphatic carboxylic acids is 1. The minimum absolute atomic E-state index is 0.299. The van der Waals surface area contributed by atoms with Crippen LogP contribution in [0.15, 0.2) is 4.79 Å². The van der Waals surface area contributed by atoms with Gasteiger partial charge in [-0.2, -0.15) is 5.10 Å². The van der Waals surface area contributed by atoms with Crippen LogP contribution < -0.4 is 5.69 Å². The van der Waals surface area contributed by atoms with E-state index in [-0.39, 0.29) is 6.54 Å². The molecule has 0 spiro atoms. The number of H-pyrrole nitrogens is 1. The van der Waals surface area contributed by atoms with Crippen molar-refractivity contribution >= 4 is 5.97 Å². The summed E-state index contributed by atoms with van der Waals surface area (Å²) in [5.74, 6) is -0.118. The van der Waals surface area contributed by atoms with E-state index in [0.29, 0.717) is 11.7 Å². The monoisotopic (exact) mass is 211 g/mol. The van der Waals surface area contributed by atoms with Crippen LogP contribution in [-0.2, 0) is 11.3 Å². The van der Waals surface area contributed by atoms with Crippen molar-refractivity contribution in [3.05, 3.63) is 16.3 Å². The number of hydrogen-bond acceptors (Lipinski definition) is 3. The van der Waals surface area contributed by atoms with Gasteiger partial charge in [0.1, 0.15) is 12.4 Å². The van der Waals surface area contributed by atoms with Crippen LogP contribution in [0.4, 0.5) is 0 Å². The SMILES string of the molecule is O=C(O)Cn1nc(C2CCCC2)[nH]c1=O. The summed E-state index contributed by atoms with van der Waals surface area (Å²) in [6.07, 6.45) is 4.36. The molecule has 2 N–H and O–H groups in total. The minimum atomic E-state index is -1.05. The maximum atomic E-state index is 11.3.